The van der Waals surface area contributed by atoms with Crippen molar-refractivity contribution in [2.24, 2.45) is 0 Å². The number of ether oxygens (including phenoxy) is 1. The van der Waals surface area contributed by atoms with E-state index in [2.05, 4.69) is 22.3 Å². The Morgan fingerprint density at radius 3 is 2.44 bits per heavy atom. The Hall–Kier alpha value is -4.01. The van der Waals surface area contributed by atoms with Gasteiger partial charge in [0.25, 0.3) is 0 Å². The maximum absolute atomic E-state index is 13.6. The zero-order chi connectivity index (χ0) is 24.2. The van der Waals surface area contributed by atoms with Crippen molar-refractivity contribution in [2.75, 3.05) is 23.4 Å². The number of rotatable bonds is 7. The van der Waals surface area contributed by atoms with Crippen LogP contribution in [0.2, 0.25) is 0 Å². The van der Waals surface area contributed by atoms with Gasteiger partial charge in [-0.3, -0.25) is 4.79 Å². The summed E-state index contributed by atoms with van der Waals surface area (Å²) in [5.74, 6) is -0.795. The van der Waals surface area contributed by atoms with Gasteiger partial charge < -0.3 is 15.0 Å². The molecular weight excluding hydrogens is 437 g/mol. The molecular formula is C25H26FN5O3. The fourth-order valence-electron chi connectivity index (χ4n) is 4.01. The third-order valence-corrected chi connectivity index (χ3v) is 5.74. The molecule has 2 heterocycles. The molecule has 0 radical (unpaired) electrons. The predicted molar refractivity (Wildman–Crippen MR) is 126 cm³/mol. The van der Waals surface area contributed by atoms with Gasteiger partial charge in [0.2, 0.25) is 11.9 Å². The van der Waals surface area contributed by atoms with E-state index in [1.165, 1.54) is 24.0 Å². The van der Waals surface area contributed by atoms with E-state index < -0.39 is 12.0 Å². The number of nitrogens with one attached hydrogen (secondary N) is 1. The molecule has 1 N–H and O–H groups in total. The molecule has 3 aromatic rings. The van der Waals surface area contributed by atoms with Gasteiger partial charge in [0.1, 0.15) is 24.7 Å². The number of carbonyl (C=O) groups is 2. The number of halogens is 1. The summed E-state index contributed by atoms with van der Waals surface area (Å²) in [6.07, 6.45) is 2.27. The number of nitrogens with zero attached hydrogens (tertiary/aromatic N) is 4. The zero-order valence-electron chi connectivity index (χ0n) is 19.3. The SMILES string of the molecule is CCOC(=O)C1=C(C)N(CC(=O)Nc2ccc(CC)cc2)c2ncnn2C1c1ccc(F)cc1. The smallest absolute Gasteiger partial charge is 0.338 e. The van der Waals surface area contributed by atoms with Crippen LogP contribution in [0.3, 0.4) is 0 Å². The van der Waals surface area contributed by atoms with Gasteiger partial charge in [-0.2, -0.15) is 10.1 Å². The summed E-state index contributed by atoms with van der Waals surface area (Å²) in [5.41, 5.74) is 3.33. The van der Waals surface area contributed by atoms with E-state index in [4.69, 9.17) is 4.74 Å². The van der Waals surface area contributed by atoms with Crippen LogP contribution in [0.25, 0.3) is 0 Å². The standard InChI is InChI=1S/C25H26FN5O3/c1-4-17-6-12-20(13-7-17)29-21(32)14-30-16(3)22(24(33)34-5-2)23(31-25(30)27-15-28-31)18-8-10-19(26)11-9-18/h6-13,15,23H,4-5,14H2,1-3H3,(H,29,32). The van der Waals surface area contributed by atoms with Crippen LogP contribution in [-0.4, -0.2) is 39.8 Å². The first kappa shape index (κ1) is 23.2. The number of benzene rings is 2. The van der Waals surface area contributed by atoms with E-state index >= 15 is 0 Å². The molecule has 1 aliphatic heterocycles. The van der Waals surface area contributed by atoms with Crippen molar-refractivity contribution in [3.63, 3.8) is 0 Å². The lowest BCUT2D eigenvalue weighted by atomic mass is 9.95. The van der Waals surface area contributed by atoms with Crippen LogP contribution in [0.5, 0.6) is 0 Å². The van der Waals surface area contributed by atoms with Gasteiger partial charge in [-0.1, -0.05) is 31.2 Å². The van der Waals surface area contributed by atoms with Crippen LogP contribution in [0, 0.1) is 5.82 Å². The molecule has 2 aromatic carbocycles. The van der Waals surface area contributed by atoms with Crippen LogP contribution in [0.15, 0.2) is 66.1 Å². The number of esters is 1. The summed E-state index contributed by atoms with van der Waals surface area (Å²) in [6, 6.07) is 12.8. The molecule has 1 amide bonds. The highest BCUT2D eigenvalue weighted by Crippen LogP contribution is 2.38. The van der Waals surface area contributed by atoms with Crippen LogP contribution < -0.4 is 10.2 Å². The molecule has 0 spiro atoms. The number of anilines is 2. The normalized spacial score (nSPS) is 15.2. The van der Waals surface area contributed by atoms with Gasteiger partial charge in [0.15, 0.2) is 0 Å². The van der Waals surface area contributed by atoms with Crippen LogP contribution in [0.1, 0.15) is 37.9 Å². The Balaban J connectivity index is 1.69. The molecule has 1 atom stereocenters. The largest absolute Gasteiger partial charge is 0.463 e. The van der Waals surface area contributed by atoms with Crippen LogP contribution in [0.4, 0.5) is 16.0 Å². The van der Waals surface area contributed by atoms with Gasteiger partial charge in [-0.25, -0.2) is 13.9 Å². The molecule has 8 nitrogen and oxygen atoms in total. The minimum Gasteiger partial charge on any atom is -0.463 e. The third-order valence-electron chi connectivity index (χ3n) is 5.74. The van der Waals surface area contributed by atoms with Crippen molar-refractivity contribution >= 4 is 23.5 Å². The number of hydrogen-bond donors (Lipinski definition) is 1. The molecule has 176 valence electrons. The number of amides is 1. The quantitative estimate of drug-likeness (QED) is 0.535. The summed E-state index contributed by atoms with van der Waals surface area (Å²) in [6.45, 7) is 5.63. The van der Waals surface area contributed by atoms with Gasteiger partial charge >= 0.3 is 5.97 Å². The predicted octanol–water partition coefficient (Wildman–Crippen LogP) is 3.86. The van der Waals surface area contributed by atoms with Crippen molar-refractivity contribution in [1.82, 2.24) is 14.8 Å². The molecule has 4 rings (SSSR count). The maximum atomic E-state index is 13.6. The fourth-order valence-corrected chi connectivity index (χ4v) is 4.01. The molecule has 0 aliphatic carbocycles. The van der Waals surface area contributed by atoms with Crippen molar-refractivity contribution in [3.8, 4) is 0 Å². The second-order valence-electron chi connectivity index (χ2n) is 7.86. The molecule has 0 saturated carbocycles. The number of fused-ring (bicyclic) bond motifs is 1. The first-order valence-electron chi connectivity index (χ1n) is 11.1. The lowest BCUT2D eigenvalue weighted by molar-refractivity contribution is -0.139. The summed E-state index contributed by atoms with van der Waals surface area (Å²) in [4.78, 5) is 31.9. The van der Waals surface area contributed by atoms with Crippen LogP contribution >= 0.6 is 0 Å². The highest BCUT2D eigenvalue weighted by Gasteiger charge is 2.38. The molecule has 1 aliphatic rings. The third kappa shape index (κ3) is 4.54. The zero-order valence-corrected chi connectivity index (χ0v) is 19.3. The highest BCUT2D eigenvalue weighted by atomic mass is 19.1. The Labute approximate surface area is 197 Å². The first-order valence-corrected chi connectivity index (χ1v) is 11.1. The van der Waals surface area contributed by atoms with E-state index in [1.54, 1.807) is 35.6 Å². The molecule has 0 bridgehead atoms. The molecule has 0 fully saturated rings. The van der Waals surface area contributed by atoms with Crippen LogP contribution in [-0.2, 0) is 20.7 Å². The van der Waals surface area contributed by atoms with E-state index in [-0.39, 0.29) is 24.9 Å². The van der Waals surface area contributed by atoms with Gasteiger partial charge in [0, 0.05) is 11.4 Å². The second-order valence-corrected chi connectivity index (χ2v) is 7.86. The van der Waals surface area contributed by atoms with E-state index in [9.17, 15) is 14.0 Å². The minimum atomic E-state index is -0.668. The van der Waals surface area contributed by atoms with E-state index in [0.717, 1.165) is 6.42 Å². The fraction of sp³-hybridized carbons (Fsp3) is 0.280. The Morgan fingerprint density at radius 1 is 1.09 bits per heavy atom. The van der Waals surface area contributed by atoms with Gasteiger partial charge in [-0.15, -0.1) is 0 Å². The number of aromatic nitrogens is 3. The maximum Gasteiger partial charge on any atom is 0.338 e. The molecule has 1 unspecified atom stereocenters. The van der Waals surface area contributed by atoms with Gasteiger partial charge in [0.05, 0.1) is 12.2 Å². The molecule has 1 aromatic heterocycles. The summed E-state index contributed by atoms with van der Waals surface area (Å²) in [7, 11) is 0. The van der Waals surface area contributed by atoms with Crippen molar-refractivity contribution < 1.29 is 18.7 Å². The summed E-state index contributed by atoms with van der Waals surface area (Å²) >= 11 is 0. The van der Waals surface area contributed by atoms with Gasteiger partial charge in [-0.05, 0) is 55.7 Å². The summed E-state index contributed by atoms with van der Waals surface area (Å²) < 4.78 is 20.5. The van der Waals surface area contributed by atoms with Crippen molar-refractivity contribution in [2.45, 2.75) is 33.2 Å². The number of aryl methyl sites for hydroxylation is 1. The summed E-state index contributed by atoms with van der Waals surface area (Å²) in [5, 5.41) is 7.21. The average Bonchev–Trinajstić information content (AvgIpc) is 3.31. The van der Waals surface area contributed by atoms with Crippen molar-refractivity contribution in [1.29, 1.82) is 0 Å². The number of allylic oxidation sites excluding steroid dienone is 1. The topological polar surface area (TPSA) is 89.3 Å². The minimum absolute atomic E-state index is 0.0842. The molecule has 9 heteroatoms. The van der Waals surface area contributed by atoms with Crippen molar-refractivity contribution in [3.05, 3.63) is 83.1 Å². The monoisotopic (exact) mass is 463 g/mol. The Bertz CT molecular complexity index is 1220. The average molecular weight is 464 g/mol. The Morgan fingerprint density at radius 2 is 1.79 bits per heavy atom. The lowest BCUT2D eigenvalue weighted by Crippen LogP contribution is -2.40. The second kappa shape index (κ2) is 9.86. The number of hydrogen-bond acceptors (Lipinski definition) is 6. The van der Waals surface area contributed by atoms with E-state index in [0.29, 0.717) is 28.5 Å². The molecule has 0 saturated heterocycles. The van der Waals surface area contributed by atoms with E-state index in [1.807, 2.05) is 24.3 Å². The highest BCUT2D eigenvalue weighted by molar-refractivity contribution is 5.96. The molecule has 34 heavy (non-hydrogen) atoms. The lowest BCUT2D eigenvalue weighted by Gasteiger charge is -2.35. The number of carbonyl (C=O) groups excluding carboxylic acids is 2. The first-order chi connectivity index (χ1) is 16.4. The Kier molecular flexibility index (Phi) is 6.72.